The zero-order valence-corrected chi connectivity index (χ0v) is 17.4. The van der Waals surface area contributed by atoms with E-state index in [0.717, 1.165) is 21.8 Å². The first-order valence-electron chi connectivity index (χ1n) is 8.48. The van der Waals surface area contributed by atoms with Crippen molar-refractivity contribution < 1.29 is 22.7 Å². The van der Waals surface area contributed by atoms with E-state index in [0.29, 0.717) is 21.5 Å². The van der Waals surface area contributed by atoms with Crippen LogP contribution in [0.2, 0.25) is 5.02 Å². The topological polar surface area (TPSA) is 77.2 Å². The van der Waals surface area contributed by atoms with Crippen molar-refractivity contribution in [3.8, 4) is 16.5 Å². The molecule has 2 aromatic carbocycles. The number of carbonyl (C=O) groups excluding carboxylic acids is 1. The summed E-state index contributed by atoms with van der Waals surface area (Å²) >= 11 is 8.94. The van der Waals surface area contributed by atoms with Gasteiger partial charge in [-0.05, 0) is 30.3 Å². The highest BCUT2D eigenvalue weighted by Crippen LogP contribution is 2.41. The van der Waals surface area contributed by atoms with Crippen LogP contribution in [0, 0.1) is 0 Å². The fourth-order valence-electron chi connectivity index (χ4n) is 2.56. The van der Waals surface area contributed by atoms with Gasteiger partial charge in [-0.15, -0.1) is 21.5 Å². The van der Waals surface area contributed by atoms with E-state index in [-0.39, 0.29) is 22.6 Å². The van der Waals surface area contributed by atoms with Crippen LogP contribution in [0.25, 0.3) is 20.9 Å². The standard InChI is InChI=1S/C19H12ClF2N3O3S2/c20-15-12-3-1-2-4-13(12)30-16(15)17-24-25-19(28-17)29-9-14(26)23-10-5-7-11(8-6-10)27-18(21)22/h1-8,18H,9H2,(H,23,26). The minimum atomic E-state index is -2.90. The number of nitrogens with zero attached hydrogens (tertiary/aromatic N) is 2. The molecule has 1 N–H and O–H groups in total. The number of alkyl halides is 2. The van der Waals surface area contributed by atoms with Gasteiger partial charge >= 0.3 is 6.61 Å². The summed E-state index contributed by atoms with van der Waals surface area (Å²) in [6, 6.07) is 13.3. The minimum Gasteiger partial charge on any atom is -0.435 e. The normalized spacial score (nSPS) is 11.2. The third kappa shape index (κ3) is 4.72. The summed E-state index contributed by atoms with van der Waals surface area (Å²) in [6.45, 7) is -2.90. The molecule has 0 fully saturated rings. The predicted molar refractivity (Wildman–Crippen MR) is 113 cm³/mol. The third-order valence-electron chi connectivity index (χ3n) is 3.83. The molecular weight excluding hydrogens is 456 g/mol. The van der Waals surface area contributed by atoms with E-state index in [1.165, 1.54) is 35.6 Å². The number of halogens is 3. The Labute approximate surface area is 182 Å². The van der Waals surface area contributed by atoms with Crippen LogP contribution in [-0.2, 0) is 4.79 Å². The van der Waals surface area contributed by atoms with E-state index in [1.807, 2.05) is 24.3 Å². The van der Waals surface area contributed by atoms with Crippen LogP contribution in [0.1, 0.15) is 0 Å². The van der Waals surface area contributed by atoms with Gasteiger partial charge in [0.25, 0.3) is 11.1 Å². The molecule has 2 heterocycles. The molecule has 0 aliphatic carbocycles. The zero-order valence-electron chi connectivity index (χ0n) is 15.0. The van der Waals surface area contributed by atoms with Crippen molar-refractivity contribution in [2.45, 2.75) is 11.8 Å². The molecule has 0 saturated heterocycles. The highest BCUT2D eigenvalue weighted by atomic mass is 35.5. The third-order valence-corrected chi connectivity index (χ3v) is 6.31. The van der Waals surface area contributed by atoms with E-state index < -0.39 is 6.61 Å². The van der Waals surface area contributed by atoms with Crippen LogP contribution >= 0.6 is 34.7 Å². The molecule has 11 heteroatoms. The number of aromatic nitrogens is 2. The summed E-state index contributed by atoms with van der Waals surface area (Å²) in [5.74, 6) is 0.00780. The van der Waals surface area contributed by atoms with Gasteiger partial charge in [-0.2, -0.15) is 8.78 Å². The molecule has 1 amide bonds. The van der Waals surface area contributed by atoms with E-state index in [2.05, 4.69) is 20.3 Å². The molecule has 2 aromatic heterocycles. The highest BCUT2D eigenvalue weighted by Gasteiger charge is 2.18. The molecule has 4 aromatic rings. The first kappa shape index (κ1) is 20.6. The fraction of sp³-hybridized carbons (Fsp3) is 0.105. The molecule has 6 nitrogen and oxygen atoms in total. The summed E-state index contributed by atoms with van der Waals surface area (Å²) in [4.78, 5) is 12.8. The largest absolute Gasteiger partial charge is 0.435 e. The Morgan fingerprint density at radius 2 is 1.97 bits per heavy atom. The number of anilines is 1. The van der Waals surface area contributed by atoms with Crippen molar-refractivity contribution >= 4 is 56.4 Å². The lowest BCUT2D eigenvalue weighted by atomic mass is 10.2. The van der Waals surface area contributed by atoms with E-state index in [4.69, 9.17) is 16.0 Å². The van der Waals surface area contributed by atoms with Crippen molar-refractivity contribution in [3.05, 3.63) is 53.6 Å². The fourth-order valence-corrected chi connectivity index (χ4v) is 4.55. The average molecular weight is 468 g/mol. The number of hydrogen-bond acceptors (Lipinski definition) is 7. The number of thiophene rings is 1. The van der Waals surface area contributed by atoms with Crippen LogP contribution in [0.15, 0.2) is 58.2 Å². The van der Waals surface area contributed by atoms with Gasteiger partial charge in [0.05, 0.1) is 10.8 Å². The monoisotopic (exact) mass is 467 g/mol. The molecule has 0 atom stereocenters. The van der Waals surface area contributed by atoms with Gasteiger partial charge in [0.1, 0.15) is 10.6 Å². The highest BCUT2D eigenvalue weighted by molar-refractivity contribution is 7.99. The van der Waals surface area contributed by atoms with Gasteiger partial charge in [-0.1, -0.05) is 41.6 Å². The lowest BCUT2D eigenvalue weighted by Gasteiger charge is -2.06. The molecule has 0 aliphatic heterocycles. The predicted octanol–water partition coefficient (Wildman–Crippen LogP) is 5.94. The Hall–Kier alpha value is -2.69. The number of rotatable bonds is 7. The molecule has 0 spiro atoms. The number of hydrogen-bond donors (Lipinski definition) is 1. The number of thioether (sulfide) groups is 1. The van der Waals surface area contributed by atoms with Crippen LogP contribution in [0.4, 0.5) is 14.5 Å². The molecule has 4 rings (SSSR count). The number of benzene rings is 2. The Bertz CT molecular complexity index is 1180. The lowest BCUT2D eigenvalue weighted by molar-refractivity contribution is -0.113. The van der Waals surface area contributed by atoms with Crippen LogP contribution < -0.4 is 10.1 Å². The van der Waals surface area contributed by atoms with Crippen molar-refractivity contribution in [1.29, 1.82) is 0 Å². The molecule has 154 valence electrons. The molecule has 0 saturated carbocycles. The Kier molecular flexibility index (Phi) is 6.16. The number of carbonyl (C=O) groups is 1. The van der Waals surface area contributed by atoms with E-state index in [1.54, 1.807) is 0 Å². The van der Waals surface area contributed by atoms with Crippen LogP contribution in [0.5, 0.6) is 5.75 Å². The smallest absolute Gasteiger partial charge is 0.387 e. The lowest BCUT2D eigenvalue weighted by Crippen LogP contribution is -2.14. The van der Waals surface area contributed by atoms with Gasteiger partial charge < -0.3 is 14.5 Å². The first-order valence-corrected chi connectivity index (χ1v) is 10.7. The summed E-state index contributed by atoms with van der Waals surface area (Å²) < 4.78 is 35.2. The second-order valence-corrected chi connectivity index (χ2v) is 8.21. The maximum absolute atomic E-state index is 12.2. The molecule has 0 unspecified atom stereocenters. The first-order chi connectivity index (χ1) is 14.5. The van der Waals surface area contributed by atoms with E-state index in [9.17, 15) is 13.6 Å². The summed E-state index contributed by atoms with van der Waals surface area (Å²) in [5, 5.41) is 12.3. The van der Waals surface area contributed by atoms with Gasteiger partial charge in [0.15, 0.2) is 0 Å². The van der Waals surface area contributed by atoms with Crippen LogP contribution in [0.3, 0.4) is 0 Å². The summed E-state index contributed by atoms with van der Waals surface area (Å²) in [6.07, 6.45) is 0. The van der Waals surface area contributed by atoms with Gasteiger partial charge in [0, 0.05) is 15.8 Å². The average Bonchev–Trinajstić information content (AvgIpc) is 3.32. The summed E-state index contributed by atoms with van der Waals surface area (Å²) in [5.41, 5.74) is 0.450. The van der Waals surface area contributed by atoms with Gasteiger partial charge in [-0.3, -0.25) is 4.79 Å². The van der Waals surface area contributed by atoms with Crippen molar-refractivity contribution in [1.82, 2.24) is 10.2 Å². The molecule has 0 bridgehead atoms. The SMILES string of the molecule is O=C(CSc1nnc(-c2sc3ccccc3c2Cl)o1)Nc1ccc(OC(F)F)cc1. The maximum atomic E-state index is 12.2. The zero-order chi connectivity index (χ0) is 21.1. The molecule has 0 aliphatic rings. The number of ether oxygens (including phenoxy) is 1. The molecule has 0 radical (unpaired) electrons. The number of fused-ring (bicyclic) bond motifs is 1. The Morgan fingerprint density at radius 3 is 2.70 bits per heavy atom. The molecule has 30 heavy (non-hydrogen) atoms. The van der Waals surface area contributed by atoms with Gasteiger partial charge in [0.2, 0.25) is 5.91 Å². The van der Waals surface area contributed by atoms with E-state index >= 15 is 0 Å². The summed E-state index contributed by atoms with van der Waals surface area (Å²) in [7, 11) is 0. The molecular formula is C19H12ClF2N3O3S2. The quantitative estimate of drug-likeness (QED) is 0.339. The minimum absolute atomic E-state index is 0.00987. The van der Waals surface area contributed by atoms with Crippen LogP contribution in [-0.4, -0.2) is 28.5 Å². The van der Waals surface area contributed by atoms with Crippen molar-refractivity contribution in [2.24, 2.45) is 0 Å². The number of amides is 1. The maximum Gasteiger partial charge on any atom is 0.387 e. The van der Waals surface area contributed by atoms with Crippen molar-refractivity contribution in [2.75, 3.05) is 11.1 Å². The Balaban J connectivity index is 1.36. The van der Waals surface area contributed by atoms with Crippen molar-refractivity contribution in [3.63, 3.8) is 0 Å². The number of nitrogens with one attached hydrogen (secondary N) is 1. The second-order valence-electron chi connectivity index (χ2n) is 5.85. The second kappa shape index (κ2) is 8.99. The van der Waals surface area contributed by atoms with Gasteiger partial charge in [-0.25, -0.2) is 0 Å². The Morgan fingerprint density at radius 1 is 1.20 bits per heavy atom.